The Morgan fingerprint density at radius 2 is 2.47 bits per heavy atom. The molecule has 0 fully saturated rings. The Labute approximate surface area is 98.4 Å². The fourth-order valence-electron chi connectivity index (χ4n) is 2.29. The molecule has 0 amide bonds. The molecule has 5 nitrogen and oxygen atoms in total. The number of hydrogen-bond acceptors (Lipinski definition) is 4. The third-order valence-electron chi connectivity index (χ3n) is 3.28. The van der Waals surface area contributed by atoms with Crippen LogP contribution in [0, 0.1) is 6.92 Å². The van der Waals surface area contributed by atoms with Crippen LogP contribution in [0.2, 0.25) is 0 Å². The van der Waals surface area contributed by atoms with E-state index in [1.807, 2.05) is 11.5 Å². The number of aryl methyl sites for hydroxylation is 1. The van der Waals surface area contributed by atoms with Crippen molar-refractivity contribution < 1.29 is 9.53 Å². The lowest BCUT2D eigenvalue weighted by molar-refractivity contribution is 0.112. The van der Waals surface area contributed by atoms with Crippen LogP contribution in [0.3, 0.4) is 0 Å². The van der Waals surface area contributed by atoms with Crippen LogP contribution in [-0.4, -0.2) is 27.4 Å². The van der Waals surface area contributed by atoms with Crippen molar-refractivity contribution in [2.24, 2.45) is 0 Å². The second kappa shape index (κ2) is 3.55. The number of hydrogen-bond donors (Lipinski definition) is 0. The molecule has 5 heteroatoms. The summed E-state index contributed by atoms with van der Waals surface area (Å²) in [6.07, 6.45) is 3.50. The summed E-state index contributed by atoms with van der Waals surface area (Å²) in [5.41, 5.74) is 2.93. The van der Waals surface area contributed by atoms with Gasteiger partial charge in [0.2, 0.25) is 0 Å². The third kappa shape index (κ3) is 1.28. The van der Waals surface area contributed by atoms with Crippen LogP contribution in [-0.2, 0) is 0 Å². The summed E-state index contributed by atoms with van der Waals surface area (Å²) >= 11 is 0. The van der Waals surface area contributed by atoms with Crippen molar-refractivity contribution in [3.63, 3.8) is 0 Å². The zero-order valence-corrected chi connectivity index (χ0v) is 9.80. The maximum atomic E-state index is 11.2. The van der Waals surface area contributed by atoms with E-state index < -0.39 is 0 Å². The minimum atomic E-state index is 0.247. The Bertz CT molecular complexity index is 603. The van der Waals surface area contributed by atoms with E-state index in [1.165, 1.54) is 0 Å². The molecule has 0 aliphatic carbocycles. The van der Waals surface area contributed by atoms with Gasteiger partial charge in [-0.25, -0.2) is 4.98 Å². The molecule has 0 saturated heterocycles. The summed E-state index contributed by atoms with van der Waals surface area (Å²) < 4.78 is 7.52. The highest BCUT2D eigenvalue weighted by Gasteiger charge is 2.28. The minimum Gasteiger partial charge on any atom is -0.462 e. The van der Waals surface area contributed by atoms with Gasteiger partial charge in [-0.1, -0.05) is 6.92 Å². The van der Waals surface area contributed by atoms with Crippen LogP contribution in [0.1, 0.15) is 35.3 Å². The lowest BCUT2D eigenvalue weighted by atomic mass is 10.1. The van der Waals surface area contributed by atoms with E-state index in [0.717, 1.165) is 23.8 Å². The van der Waals surface area contributed by atoms with Crippen molar-refractivity contribution in [1.29, 1.82) is 0 Å². The molecule has 1 atom stereocenters. The summed E-state index contributed by atoms with van der Waals surface area (Å²) in [5, 5.41) is 0. The molecule has 0 saturated carbocycles. The van der Waals surface area contributed by atoms with Gasteiger partial charge < -0.3 is 4.74 Å². The lowest BCUT2D eigenvalue weighted by Gasteiger charge is -2.09. The fourth-order valence-corrected chi connectivity index (χ4v) is 2.29. The normalized spacial score (nSPS) is 18.1. The molecule has 17 heavy (non-hydrogen) atoms. The zero-order chi connectivity index (χ0) is 12.0. The highest BCUT2D eigenvalue weighted by atomic mass is 16.5. The Morgan fingerprint density at radius 1 is 1.65 bits per heavy atom. The molecule has 1 aliphatic rings. The second-order valence-electron chi connectivity index (χ2n) is 4.28. The van der Waals surface area contributed by atoms with Crippen LogP contribution in [0.15, 0.2) is 6.20 Å². The van der Waals surface area contributed by atoms with Gasteiger partial charge >= 0.3 is 0 Å². The van der Waals surface area contributed by atoms with Crippen LogP contribution >= 0.6 is 0 Å². The molecular weight excluding hydrogens is 218 g/mol. The average molecular weight is 231 g/mol. The number of carbonyl (C=O) groups is 1. The quantitative estimate of drug-likeness (QED) is 0.741. The first-order valence-electron chi connectivity index (χ1n) is 5.71. The number of carbonyl (C=O) groups excluding carboxylic acids is 1. The molecule has 3 rings (SSSR count). The summed E-state index contributed by atoms with van der Waals surface area (Å²) in [6, 6.07) is 0.824. The van der Waals surface area contributed by atoms with Crippen molar-refractivity contribution in [1.82, 2.24) is 14.5 Å². The van der Waals surface area contributed by atoms with Crippen LogP contribution in [0.25, 0.3) is 11.2 Å². The Morgan fingerprint density at radius 3 is 3.18 bits per heavy atom. The summed E-state index contributed by atoms with van der Waals surface area (Å²) in [7, 11) is 0. The van der Waals surface area contributed by atoms with Gasteiger partial charge in [0.15, 0.2) is 11.9 Å². The average Bonchev–Trinajstić information content (AvgIpc) is 2.87. The maximum absolute atomic E-state index is 11.2. The summed E-state index contributed by atoms with van der Waals surface area (Å²) in [6.45, 7) is 4.60. The molecule has 2 aromatic heterocycles. The third-order valence-corrected chi connectivity index (χ3v) is 3.28. The summed E-state index contributed by atoms with van der Waals surface area (Å²) in [4.78, 5) is 19.8. The minimum absolute atomic E-state index is 0.247. The van der Waals surface area contributed by atoms with Gasteiger partial charge in [-0.15, -0.1) is 0 Å². The van der Waals surface area contributed by atoms with Crippen LogP contribution in [0.4, 0.5) is 0 Å². The zero-order valence-electron chi connectivity index (χ0n) is 9.80. The van der Waals surface area contributed by atoms with E-state index in [2.05, 4.69) is 16.9 Å². The van der Waals surface area contributed by atoms with Crippen molar-refractivity contribution in [2.75, 3.05) is 6.61 Å². The van der Waals surface area contributed by atoms with E-state index in [-0.39, 0.29) is 6.04 Å². The number of imidazole rings is 1. The van der Waals surface area contributed by atoms with Gasteiger partial charge in [-0.3, -0.25) is 9.36 Å². The van der Waals surface area contributed by atoms with Gasteiger partial charge in [-0.05, 0) is 18.9 Å². The first kappa shape index (κ1) is 10.3. The Hall–Kier alpha value is -1.91. The van der Waals surface area contributed by atoms with E-state index in [9.17, 15) is 4.79 Å². The van der Waals surface area contributed by atoms with Crippen molar-refractivity contribution in [3.8, 4) is 6.01 Å². The van der Waals surface area contributed by atoms with E-state index in [1.54, 1.807) is 6.20 Å². The number of aromatic nitrogens is 3. The van der Waals surface area contributed by atoms with E-state index in [0.29, 0.717) is 23.8 Å². The topological polar surface area (TPSA) is 57.0 Å². The number of pyridine rings is 1. The molecule has 2 aromatic rings. The van der Waals surface area contributed by atoms with Crippen molar-refractivity contribution in [2.45, 2.75) is 26.3 Å². The smallest absolute Gasteiger partial charge is 0.299 e. The van der Waals surface area contributed by atoms with Gasteiger partial charge in [0.1, 0.15) is 12.1 Å². The molecule has 0 N–H and O–H groups in total. The van der Waals surface area contributed by atoms with Gasteiger partial charge in [0, 0.05) is 11.8 Å². The molecule has 0 spiro atoms. The Kier molecular flexibility index (Phi) is 2.14. The van der Waals surface area contributed by atoms with Gasteiger partial charge in [0.25, 0.3) is 6.01 Å². The van der Waals surface area contributed by atoms with Gasteiger partial charge in [-0.2, -0.15) is 4.98 Å². The maximum Gasteiger partial charge on any atom is 0.299 e. The lowest BCUT2D eigenvalue weighted by Crippen LogP contribution is -2.07. The molecular formula is C12H13N3O2. The molecule has 88 valence electrons. The number of ether oxygens (including phenoxy) is 1. The van der Waals surface area contributed by atoms with E-state index >= 15 is 0 Å². The number of rotatable bonds is 2. The van der Waals surface area contributed by atoms with E-state index in [4.69, 9.17) is 4.74 Å². The Balaban J connectivity index is 2.39. The SMILES string of the molecule is CCC1COc2nc3ncc(C)c(C=O)c3n21. The number of fused-ring (bicyclic) bond motifs is 3. The van der Waals surface area contributed by atoms with Crippen LogP contribution < -0.4 is 4.74 Å². The predicted octanol–water partition coefficient (Wildman–Crippen LogP) is 1.90. The largest absolute Gasteiger partial charge is 0.462 e. The van der Waals surface area contributed by atoms with Crippen molar-refractivity contribution in [3.05, 3.63) is 17.3 Å². The number of nitrogens with zero attached hydrogens (tertiary/aromatic N) is 3. The highest BCUT2D eigenvalue weighted by molar-refractivity contribution is 5.95. The monoisotopic (exact) mass is 231 g/mol. The molecule has 1 unspecified atom stereocenters. The first-order chi connectivity index (χ1) is 8.26. The van der Waals surface area contributed by atoms with Gasteiger partial charge in [0.05, 0.1) is 6.04 Å². The highest BCUT2D eigenvalue weighted by Crippen LogP contribution is 2.34. The summed E-state index contributed by atoms with van der Waals surface area (Å²) in [5.74, 6) is 0. The fraction of sp³-hybridized carbons (Fsp3) is 0.417. The number of aldehydes is 1. The molecule has 0 bridgehead atoms. The predicted molar refractivity (Wildman–Crippen MR) is 62.5 cm³/mol. The standard InChI is InChI=1S/C12H13N3O2/c1-3-8-6-17-12-14-11-10(15(8)12)9(5-16)7(2)4-13-11/h4-5,8H,3,6H2,1-2H3. The first-order valence-corrected chi connectivity index (χ1v) is 5.71. The molecule has 0 radical (unpaired) electrons. The molecule has 3 heterocycles. The van der Waals surface area contributed by atoms with Crippen LogP contribution in [0.5, 0.6) is 6.01 Å². The molecule has 0 aromatic carbocycles. The van der Waals surface area contributed by atoms with Crippen molar-refractivity contribution >= 4 is 17.5 Å². The second-order valence-corrected chi connectivity index (χ2v) is 4.28. The molecule has 1 aliphatic heterocycles.